The minimum atomic E-state index is -0.662. The Morgan fingerprint density at radius 3 is 2.14 bits per heavy atom. The number of unbranched alkanes of at least 4 members (excludes halogenated alkanes) is 1. The predicted octanol–water partition coefficient (Wildman–Crippen LogP) is 8.86. The third-order valence-corrected chi connectivity index (χ3v) is 6.39. The van der Waals surface area contributed by atoms with Crippen LogP contribution in [0.3, 0.4) is 0 Å². The molecule has 35 heavy (non-hydrogen) atoms. The number of hydrogen-bond acceptors (Lipinski definition) is 3. The second kappa shape index (κ2) is 27.2. The average molecular weight is 496 g/mol. The van der Waals surface area contributed by atoms with Crippen molar-refractivity contribution in [1.82, 2.24) is 5.32 Å². The van der Waals surface area contributed by atoms with Gasteiger partial charge in [0.05, 0.1) is 0 Å². The lowest BCUT2D eigenvalue weighted by atomic mass is 9.65. The summed E-state index contributed by atoms with van der Waals surface area (Å²) in [6, 6.07) is 0.538. The summed E-state index contributed by atoms with van der Waals surface area (Å²) in [4.78, 5) is 20.8. The van der Waals surface area contributed by atoms with Crippen LogP contribution >= 0.6 is 0 Å². The van der Waals surface area contributed by atoms with E-state index >= 15 is 0 Å². The average Bonchev–Trinajstić information content (AvgIpc) is 2.84. The third kappa shape index (κ3) is 20.5. The zero-order chi connectivity index (χ0) is 27.6. The Morgan fingerprint density at radius 1 is 1.11 bits per heavy atom. The summed E-state index contributed by atoms with van der Waals surface area (Å²) < 4.78 is 0. The molecule has 1 fully saturated rings. The maximum Gasteiger partial charge on any atom is 0.303 e. The van der Waals surface area contributed by atoms with E-state index in [-0.39, 0.29) is 5.78 Å². The molecular weight excluding hydrogens is 434 g/mol. The zero-order valence-corrected chi connectivity index (χ0v) is 24.9. The Labute approximate surface area is 219 Å². The number of carboxylic acid groups (broad SMARTS) is 1. The third-order valence-electron chi connectivity index (χ3n) is 6.39. The van der Waals surface area contributed by atoms with Crippen molar-refractivity contribution in [1.29, 1.82) is 0 Å². The van der Waals surface area contributed by atoms with Gasteiger partial charge >= 0.3 is 5.97 Å². The molecule has 0 amide bonds. The van der Waals surface area contributed by atoms with Gasteiger partial charge in [-0.2, -0.15) is 0 Å². The van der Waals surface area contributed by atoms with Crippen molar-refractivity contribution >= 4 is 11.8 Å². The number of allylic oxidation sites excluding steroid dienone is 2. The summed E-state index contributed by atoms with van der Waals surface area (Å²) in [6.07, 6.45) is 19.0. The lowest BCUT2D eigenvalue weighted by molar-refractivity contribution is -0.138. The number of carbonyl (C=O) groups is 2. The van der Waals surface area contributed by atoms with E-state index in [1.54, 1.807) is 13.0 Å². The highest BCUT2D eigenvalue weighted by atomic mass is 16.4. The topological polar surface area (TPSA) is 66.4 Å². The van der Waals surface area contributed by atoms with Crippen LogP contribution in [-0.2, 0) is 9.59 Å². The van der Waals surface area contributed by atoms with Crippen molar-refractivity contribution in [3.05, 3.63) is 24.8 Å². The largest absolute Gasteiger partial charge is 0.481 e. The first-order chi connectivity index (χ1) is 16.8. The van der Waals surface area contributed by atoms with Crippen molar-refractivity contribution in [2.45, 2.75) is 132 Å². The Hall–Kier alpha value is -1.42. The smallest absolute Gasteiger partial charge is 0.303 e. The Bertz CT molecular complexity index is 529. The van der Waals surface area contributed by atoms with Gasteiger partial charge in [0.2, 0.25) is 0 Å². The molecule has 2 aliphatic rings. The fourth-order valence-corrected chi connectivity index (χ4v) is 4.96. The molecule has 0 spiro atoms. The number of carboxylic acids is 1. The van der Waals surface area contributed by atoms with Crippen molar-refractivity contribution in [2.24, 2.45) is 23.7 Å². The highest BCUT2D eigenvalue weighted by Crippen LogP contribution is 2.42. The predicted molar refractivity (Wildman–Crippen MR) is 155 cm³/mol. The van der Waals surface area contributed by atoms with Gasteiger partial charge in [0, 0.05) is 18.9 Å². The molecule has 0 bridgehead atoms. The summed E-state index contributed by atoms with van der Waals surface area (Å²) >= 11 is 0. The van der Waals surface area contributed by atoms with E-state index in [4.69, 9.17) is 5.11 Å². The molecule has 208 valence electrons. The summed E-state index contributed by atoms with van der Waals surface area (Å²) in [5.74, 6) is 2.39. The molecule has 0 aromatic heterocycles. The lowest BCUT2D eigenvalue weighted by Gasteiger charge is -2.42. The normalized spacial score (nSPS) is 22.5. The van der Waals surface area contributed by atoms with Crippen molar-refractivity contribution in [3.63, 3.8) is 0 Å². The number of hydrogen-bond donors (Lipinski definition) is 2. The summed E-state index contributed by atoms with van der Waals surface area (Å²) in [6.45, 7) is 18.9. The fraction of sp³-hybridized carbons (Fsp3) is 0.806. The quantitative estimate of drug-likeness (QED) is 0.234. The van der Waals surface area contributed by atoms with Crippen LogP contribution in [-0.4, -0.2) is 29.9 Å². The minimum absolute atomic E-state index is 0.289. The van der Waals surface area contributed by atoms with Crippen LogP contribution in [0.1, 0.15) is 126 Å². The molecule has 4 nitrogen and oxygen atoms in total. The van der Waals surface area contributed by atoms with Crippen LogP contribution in [0.2, 0.25) is 0 Å². The van der Waals surface area contributed by atoms with Crippen molar-refractivity contribution in [2.75, 3.05) is 7.05 Å². The van der Waals surface area contributed by atoms with E-state index in [1.807, 2.05) is 41.5 Å². The summed E-state index contributed by atoms with van der Waals surface area (Å²) in [7, 11) is 2.08. The van der Waals surface area contributed by atoms with Gasteiger partial charge < -0.3 is 15.2 Å². The second-order valence-corrected chi connectivity index (χ2v) is 9.32. The van der Waals surface area contributed by atoms with E-state index in [2.05, 4.69) is 38.0 Å². The van der Waals surface area contributed by atoms with E-state index in [0.717, 1.165) is 37.0 Å². The van der Waals surface area contributed by atoms with Gasteiger partial charge in [0.1, 0.15) is 5.78 Å². The van der Waals surface area contributed by atoms with E-state index in [9.17, 15) is 9.59 Å². The SMILES string of the molecule is C=CC.CC.CC.CCCC(C)=O.CNC1C=CC2CCCCC2[C@H]1CCCCC(C)CC(=O)O. The van der Waals surface area contributed by atoms with Gasteiger partial charge in [-0.3, -0.25) is 4.79 Å². The maximum atomic E-state index is 10.7. The van der Waals surface area contributed by atoms with E-state index in [1.165, 1.54) is 44.9 Å². The molecule has 0 saturated heterocycles. The van der Waals surface area contributed by atoms with Crippen LogP contribution < -0.4 is 5.32 Å². The first-order valence-corrected chi connectivity index (χ1v) is 14.4. The van der Waals surface area contributed by atoms with Gasteiger partial charge in [-0.1, -0.05) is 91.9 Å². The van der Waals surface area contributed by atoms with Gasteiger partial charge in [0.15, 0.2) is 0 Å². The number of carbonyl (C=O) groups excluding carboxylic acids is 1. The second-order valence-electron chi connectivity index (χ2n) is 9.32. The fourth-order valence-electron chi connectivity index (χ4n) is 4.96. The number of Topliss-reactive ketones (excluding diaryl/α,β-unsaturated/α-hetero) is 1. The van der Waals surface area contributed by atoms with Crippen LogP contribution in [0.5, 0.6) is 0 Å². The molecular formula is C31H61NO3. The molecule has 0 aliphatic heterocycles. The monoisotopic (exact) mass is 495 g/mol. The molecule has 0 aromatic carbocycles. The lowest BCUT2D eigenvalue weighted by Crippen LogP contribution is -2.42. The van der Waals surface area contributed by atoms with E-state index in [0.29, 0.717) is 18.4 Å². The number of nitrogens with one attached hydrogen (secondary N) is 1. The van der Waals surface area contributed by atoms with Gasteiger partial charge in [0.25, 0.3) is 0 Å². The minimum Gasteiger partial charge on any atom is -0.481 e. The molecule has 4 unspecified atom stereocenters. The van der Waals surface area contributed by atoms with Crippen LogP contribution in [0.15, 0.2) is 24.8 Å². The van der Waals surface area contributed by atoms with Crippen molar-refractivity contribution < 1.29 is 14.7 Å². The number of aliphatic carboxylic acids is 1. The molecule has 0 heterocycles. The van der Waals surface area contributed by atoms with Gasteiger partial charge in [-0.25, -0.2) is 0 Å². The summed E-state index contributed by atoms with van der Waals surface area (Å²) in [5, 5.41) is 12.3. The molecule has 5 atom stereocenters. The zero-order valence-electron chi connectivity index (χ0n) is 24.9. The molecule has 4 heteroatoms. The van der Waals surface area contributed by atoms with Crippen LogP contribution in [0, 0.1) is 23.7 Å². The highest BCUT2D eigenvalue weighted by Gasteiger charge is 2.36. The first kappa shape index (κ1) is 38.1. The van der Waals surface area contributed by atoms with Crippen LogP contribution in [0.25, 0.3) is 0 Å². The standard InChI is InChI=1S/C19H33NO2.C5H10O.C3H6.2C2H6/c1-14(13-19(21)22)7-3-5-10-17-16-9-6-4-8-15(16)11-12-18(17)20-2;1-3-4-5(2)6;1-3-2;2*1-2/h11-12,14-18,20H,3-10,13H2,1-2H3,(H,21,22);3-4H2,1-2H3;3H,1H2,2H3;2*1-2H3/t14?,15?,16?,17-,18?;;;;/m1..../s1. The van der Waals surface area contributed by atoms with E-state index < -0.39 is 5.97 Å². The van der Waals surface area contributed by atoms with Crippen molar-refractivity contribution in [3.8, 4) is 0 Å². The number of ketones is 1. The van der Waals surface area contributed by atoms with Gasteiger partial charge in [-0.15, -0.1) is 6.58 Å². The summed E-state index contributed by atoms with van der Waals surface area (Å²) in [5.41, 5.74) is 0. The molecule has 0 radical (unpaired) electrons. The molecule has 2 rings (SSSR count). The number of likely N-dealkylation sites (N-methyl/N-ethyl adjacent to an activating group) is 1. The maximum absolute atomic E-state index is 10.7. The number of fused-ring (bicyclic) bond motifs is 1. The van der Waals surface area contributed by atoms with Crippen LogP contribution in [0.4, 0.5) is 0 Å². The first-order valence-electron chi connectivity index (χ1n) is 14.4. The molecule has 1 saturated carbocycles. The Kier molecular flexibility index (Phi) is 29.6. The van der Waals surface area contributed by atoms with Gasteiger partial charge in [-0.05, 0) is 70.3 Å². The molecule has 2 aliphatic carbocycles. The molecule has 2 N–H and O–H groups in total. The Balaban J connectivity index is -0.000000661. The Morgan fingerprint density at radius 2 is 1.69 bits per heavy atom. The molecule has 0 aromatic rings. The number of rotatable bonds is 10. The highest BCUT2D eigenvalue weighted by molar-refractivity contribution is 5.75.